The van der Waals surface area contributed by atoms with Gasteiger partial charge in [0.25, 0.3) is 0 Å². The fourth-order valence-electron chi connectivity index (χ4n) is 1.53. The molecule has 0 amide bonds. The molecule has 1 atom stereocenters. The number of nitrogen functional groups attached to an aromatic ring is 1. The summed E-state index contributed by atoms with van der Waals surface area (Å²) in [5.41, 5.74) is 6.41. The highest BCUT2D eigenvalue weighted by atomic mass is 19.1. The quantitative estimate of drug-likeness (QED) is 0.774. The number of ether oxygens (including phenoxy) is 2. The van der Waals surface area contributed by atoms with Gasteiger partial charge in [0.05, 0.1) is 19.3 Å². The minimum Gasteiger partial charge on any atom is -0.399 e. The lowest BCUT2D eigenvalue weighted by atomic mass is 10.2. The molecule has 0 aromatic heterocycles. The first-order chi connectivity index (χ1) is 7.25. The zero-order valence-electron chi connectivity index (χ0n) is 8.41. The van der Waals surface area contributed by atoms with Crippen LogP contribution >= 0.6 is 0 Å². The maximum atomic E-state index is 13.3. The third-order valence-corrected chi connectivity index (χ3v) is 2.44. The van der Waals surface area contributed by atoms with Crippen LogP contribution in [0.2, 0.25) is 0 Å². The zero-order chi connectivity index (χ0) is 10.7. The summed E-state index contributed by atoms with van der Waals surface area (Å²) in [5.74, 6) is -0.311. The summed E-state index contributed by atoms with van der Waals surface area (Å²) in [6.45, 7) is 1.62. The maximum Gasteiger partial charge on any atom is 0.130 e. The molecule has 0 aliphatic carbocycles. The van der Waals surface area contributed by atoms with Crippen molar-refractivity contribution in [3.05, 3.63) is 29.6 Å². The van der Waals surface area contributed by atoms with E-state index in [0.717, 1.165) is 13.0 Å². The van der Waals surface area contributed by atoms with Gasteiger partial charge in [0.15, 0.2) is 0 Å². The molecule has 0 bridgehead atoms. The Kier molecular flexibility index (Phi) is 3.18. The minimum atomic E-state index is -0.311. The van der Waals surface area contributed by atoms with E-state index in [9.17, 15) is 4.39 Å². The highest BCUT2D eigenvalue weighted by Crippen LogP contribution is 2.15. The van der Waals surface area contributed by atoms with E-state index in [2.05, 4.69) is 0 Å². The molecule has 1 saturated heterocycles. The van der Waals surface area contributed by atoms with Crippen LogP contribution in [-0.4, -0.2) is 19.3 Å². The zero-order valence-corrected chi connectivity index (χ0v) is 8.41. The predicted molar refractivity (Wildman–Crippen MR) is 54.8 cm³/mol. The molecule has 4 heteroatoms. The van der Waals surface area contributed by atoms with Crippen molar-refractivity contribution in [2.45, 2.75) is 19.1 Å². The van der Waals surface area contributed by atoms with Crippen LogP contribution in [0.5, 0.6) is 0 Å². The van der Waals surface area contributed by atoms with Crippen molar-refractivity contribution < 1.29 is 13.9 Å². The van der Waals surface area contributed by atoms with E-state index in [0.29, 0.717) is 17.9 Å². The molecular formula is C11H14FNO2. The number of halogens is 1. The van der Waals surface area contributed by atoms with Gasteiger partial charge in [-0.15, -0.1) is 0 Å². The van der Waals surface area contributed by atoms with Crippen LogP contribution in [-0.2, 0) is 16.1 Å². The number of nitrogens with two attached hydrogens (primary N) is 1. The lowest BCUT2D eigenvalue weighted by molar-refractivity contribution is 0.0304. The lowest BCUT2D eigenvalue weighted by Gasteiger charge is -2.10. The predicted octanol–water partition coefficient (Wildman–Crippen LogP) is 1.71. The average Bonchev–Trinajstić information content (AvgIpc) is 2.69. The summed E-state index contributed by atoms with van der Waals surface area (Å²) < 4.78 is 24.0. The SMILES string of the molecule is Nc1ccc(COC2CCOC2)c(F)c1. The Balaban J connectivity index is 1.92. The molecule has 3 nitrogen and oxygen atoms in total. The van der Waals surface area contributed by atoms with Crippen LogP contribution in [0, 0.1) is 5.82 Å². The molecule has 0 spiro atoms. The van der Waals surface area contributed by atoms with Crippen molar-refractivity contribution in [3.8, 4) is 0 Å². The molecule has 2 rings (SSSR count). The van der Waals surface area contributed by atoms with Gasteiger partial charge in [0.2, 0.25) is 0 Å². The molecule has 1 fully saturated rings. The smallest absolute Gasteiger partial charge is 0.130 e. The van der Waals surface area contributed by atoms with Gasteiger partial charge in [0, 0.05) is 17.9 Å². The number of rotatable bonds is 3. The second-order valence-electron chi connectivity index (χ2n) is 3.65. The molecule has 1 heterocycles. The third-order valence-electron chi connectivity index (χ3n) is 2.44. The van der Waals surface area contributed by atoms with Crippen LogP contribution in [0.25, 0.3) is 0 Å². The maximum absolute atomic E-state index is 13.3. The molecule has 1 aliphatic heterocycles. The summed E-state index contributed by atoms with van der Waals surface area (Å²) in [4.78, 5) is 0. The summed E-state index contributed by atoms with van der Waals surface area (Å²) in [6.07, 6.45) is 0.985. The topological polar surface area (TPSA) is 44.5 Å². The monoisotopic (exact) mass is 211 g/mol. The van der Waals surface area contributed by atoms with Crippen molar-refractivity contribution in [2.75, 3.05) is 18.9 Å². The van der Waals surface area contributed by atoms with Crippen molar-refractivity contribution in [1.82, 2.24) is 0 Å². The standard InChI is InChI=1S/C11H14FNO2/c12-11-5-9(13)2-1-8(11)6-15-10-3-4-14-7-10/h1-2,5,10H,3-4,6-7,13H2. The van der Waals surface area contributed by atoms with Crippen LogP contribution in [0.4, 0.5) is 10.1 Å². The van der Waals surface area contributed by atoms with Crippen LogP contribution < -0.4 is 5.73 Å². The fraction of sp³-hybridized carbons (Fsp3) is 0.455. The van der Waals surface area contributed by atoms with E-state index >= 15 is 0 Å². The second kappa shape index (κ2) is 4.59. The molecule has 0 saturated carbocycles. The largest absolute Gasteiger partial charge is 0.399 e. The van der Waals surface area contributed by atoms with Gasteiger partial charge in [-0.3, -0.25) is 0 Å². The van der Waals surface area contributed by atoms with Gasteiger partial charge in [-0.1, -0.05) is 6.07 Å². The number of benzene rings is 1. The van der Waals surface area contributed by atoms with Crippen molar-refractivity contribution >= 4 is 5.69 Å². The van der Waals surface area contributed by atoms with E-state index < -0.39 is 0 Å². The molecule has 15 heavy (non-hydrogen) atoms. The molecule has 0 radical (unpaired) electrons. The first-order valence-electron chi connectivity index (χ1n) is 4.99. The summed E-state index contributed by atoms with van der Waals surface area (Å²) in [6, 6.07) is 4.64. The minimum absolute atomic E-state index is 0.0990. The Morgan fingerprint density at radius 2 is 2.40 bits per heavy atom. The highest BCUT2D eigenvalue weighted by molar-refractivity contribution is 5.40. The van der Waals surface area contributed by atoms with E-state index in [-0.39, 0.29) is 18.5 Å². The molecule has 1 aromatic carbocycles. The second-order valence-corrected chi connectivity index (χ2v) is 3.65. The first kappa shape index (κ1) is 10.4. The third kappa shape index (κ3) is 2.67. The van der Waals surface area contributed by atoms with Gasteiger partial charge < -0.3 is 15.2 Å². The number of hydrogen-bond donors (Lipinski definition) is 1. The summed E-state index contributed by atoms with van der Waals surface area (Å²) in [5, 5.41) is 0. The molecule has 1 aromatic rings. The molecule has 1 aliphatic rings. The normalized spacial score (nSPS) is 20.7. The Bertz CT molecular complexity index is 337. The van der Waals surface area contributed by atoms with E-state index in [4.69, 9.17) is 15.2 Å². The van der Waals surface area contributed by atoms with Gasteiger partial charge in [-0.05, 0) is 18.6 Å². The van der Waals surface area contributed by atoms with Crippen molar-refractivity contribution in [3.63, 3.8) is 0 Å². The molecule has 82 valence electrons. The number of hydrogen-bond acceptors (Lipinski definition) is 3. The Morgan fingerprint density at radius 3 is 3.07 bits per heavy atom. The van der Waals surface area contributed by atoms with Gasteiger partial charge in [-0.25, -0.2) is 4.39 Å². The molecular weight excluding hydrogens is 197 g/mol. The van der Waals surface area contributed by atoms with Gasteiger partial charge >= 0.3 is 0 Å². The lowest BCUT2D eigenvalue weighted by Crippen LogP contribution is -2.12. The Hall–Kier alpha value is -1.13. The Morgan fingerprint density at radius 1 is 1.53 bits per heavy atom. The summed E-state index contributed by atoms with van der Waals surface area (Å²) in [7, 11) is 0. The van der Waals surface area contributed by atoms with E-state index in [1.165, 1.54) is 6.07 Å². The van der Waals surface area contributed by atoms with Gasteiger partial charge in [0.1, 0.15) is 5.82 Å². The molecule has 1 unspecified atom stereocenters. The van der Waals surface area contributed by atoms with Crippen LogP contribution in [0.3, 0.4) is 0 Å². The first-order valence-corrected chi connectivity index (χ1v) is 4.99. The van der Waals surface area contributed by atoms with E-state index in [1.807, 2.05) is 0 Å². The van der Waals surface area contributed by atoms with Crippen molar-refractivity contribution in [1.29, 1.82) is 0 Å². The Labute approximate surface area is 88.0 Å². The van der Waals surface area contributed by atoms with Crippen molar-refractivity contribution in [2.24, 2.45) is 0 Å². The average molecular weight is 211 g/mol. The molecule has 2 N–H and O–H groups in total. The van der Waals surface area contributed by atoms with E-state index in [1.54, 1.807) is 12.1 Å². The number of anilines is 1. The highest BCUT2D eigenvalue weighted by Gasteiger charge is 2.16. The van der Waals surface area contributed by atoms with Crippen LogP contribution in [0.15, 0.2) is 18.2 Å². The fourth-order valence-corrected chi connectivity index (χ4v) is 1.53. The van der Waals surface area contributed by atoms with Gasteiger partial charge in [-0.2, -0.15) is 0 Å². The van der Waals surface area contributed by atoms with Crippen LogP contribution in [0.1, 0.15) is 12.0 Å². The summed E-state index contributed by atoms with van der Waals surface area (Å²) >= 11 is 0.